The molecule has 0 radical (unpaired) electrons. The van der Waals surface area contributed by atoms with Crippen LogP contribution in [-0.4, -0.2) is 45.5 Å². The molecule has 0 saturated carbocycles. The van der Waals surface area contributed by atoms with E-state index in [4.69, 9.17) is 4.74 Å². The lowest BCUT2D eigenvalue weighted by atomic mass is 10.0. The van der Waals surface area contributed by atoms with Gasteiger partial charge in [0.25, 0.3) is 10.0 Å². The largest absolute Gasteiger partial charge is 0.378 e. The van der Waals surface area contributed by atoms with Crippen LogP contribution in [0, 0.1) is 5.82 Å². The number of halogens is 1. The zero-order valence-corrected chi connectivity index (χ0v) is 18.6. The SMILES string of the molecule is O=C([C@@H](Nc1ccc(NS(=O)(=O)c2ccc(F)cc2)cc1)c1ccccc1)N1CCOCC1. The molecular weight excluding hydrogens is 445 g/mol. The Hall–Kier alpha value is -3.43. The second-order valence-electron chi connectivity index (χ2n) is 7.56. The van der Waals surface area contributed by atoms with E-state index in [2.05, 4.69) is 10.0 Å². The zero-order valence-electron chi connectivity index (χ0n) is 17.8. The van der Waals surface area contributed by atoms with Crippen LogP contribution in [0.3, 0.4) is 0 Å². The molecule has 1 aliphatic rings. The van der Waals surface area contributed by atoms with E-state index in [9.17, 15) is 17.6 Å². The normalized spacial score (nSPS) is 15.0. The third-order valence-electron chi connectivity index (χ3n) is 5.27. The van der Waals surface area contributed by atoms with Crippen molar-refractivity contribution in [3.05, 3.63) is 90.2 Å². The van der Waals surface area contributed by atoms with Crippen LogP contribution in [0.25, 0.3) is 0 Å². The highest BCUT2D eigenvalue weighted by Gasteiger charge is 2.27. The third-order valence-corrected chi connectivity index (χ3v) is 6.67. The molecule has 2 N–H and O–H groups in total. The summed E-state index contributed by atoms with van der Waals surface area (Å²) in [5.41, 5.74) is 1.84. The molecule has 0 unspecified atom stereocenters. The van der Waals surface area contributed by atoms with Crippen LogP contribution < -0.4 is 10.0 Å². The minimum absolute atomic E-state index is 0.0358. The van der Waals surface area contributed by atoms with Gasteiger partial charge < -0.3 is 15.0 Å². The number of ether oxygens (including phenoxy) is 1. The summed E-state index contributed by atoms with van der Waals surface area (Å²) in [6.45, 7) is 2.09. The van der Waals surface area contributed by atoms with Crippen LogP contribution in [0.2, 0.25) is 0 Å². The average molecular weight is 470 g/mol. The standard InChI is InChI=1S/C24H24FN3O4S/c25-19-6-12-22(13-7-19)33(30,31)27-21-10-8-20(9-11-21)26-23(18-4-2-1-3-5-18)24(29)28-14-16-32-17-15-28/h1-13,23,26-27H,14-17H2/t23-/m0/s1. The fourth-order valence-electron chi connectivity index (χ4n) is 3.53. The number of morpholine rings is 1. The van der Waals surface area contributed by atoms with E-state index in [1.165, 1.54) is 12.1 Å². The van der Waals surface area contributed by atoms with Crippen LogP contribution in [0.15, 0.2) is 83.8 Å². The number of rotatable bonds is 7. The number of nitrogens with zero attached hydrogens (tertiary/aromatic N) is 1. The fourth-order valence-corrected chi connectivity index (χ4v) is 4.59. The van der Waals surface area contributed by atoms with Crippen molar-refractivity contribution in [1.82, 2.24) is 4.90 Å². The first kappa shape index (κ1) is 22.8. The van der Waals surface area contributed by atoms with Crippen LogP contribution in [0.5, 0.6) is 0 Å². The number of nitrogens with one attached hydrogen (secondary N) is 2. The first-order valence-electron chi connectivity index (χ1n) is 10.5. The number of anilines is 2. The Morgan fingerprint density at radius 3 is 2.12 bits per heavy atom. The summed E-state index contributed by atoms with van der Waals surface area (Å²) in [6, 6.07) is 20.0. The molecule has 3 aromatic carbocycles. The highest BCUT2D eigenvalue weighted by atomic mass is 32.2. The van der Waals surface area contributed by atoms with Gasteiger partial charge in [0.15, 0.2) is 0 Å². The highest BCUT2D eigenvalue weighted by Crippen LogP contribution is 2.25. The molecular formula is C24H24FN3O4S. The smallest absolute Gasteiger partial charge is 0.261 e. The number of carbonyl (C=O) groups excluding carboxylic acids is 1. The van der Waals surface area contributed by atoms with Gasteiger partial charge in [-0.25, -0.2) is 12.8 Å². The van der Waals surface area contributed by atoms with Gasteiger partial charge in [-0.05, 0) is 54.1 Å². The predicted octanol–water partition coefficient (Wildman–Crippen LogP) is 3.64. The molecule has 1 fully saturated rings. The number of sulfonamides is 1. The molecule has 3 aromatic rings. The Morgan fingerprint density at radius 1 is 0.879 bits per heavy atom. The zero-order chi connectivity index (χ0) is 23.3. The summed E-state index contributed by atoms with van der Waals surface area (Å²) in [5, 5.41) is 3.27. The number of benzene rings is 3. The Bertz CT molecular complexity index is 1180. The number of hydrogen-bond donors (Lipinski definition) is 2. The Balaban J connectivity index is 1.50. The molecule has 1 heterocycles. The summed E-state index contributed by atoms with van der Waals surface area (Å²) in [6.07, 6.45) is 0. The second kappa shape index (κ2) is 10.0. The van der Waals surface area contributed by atoms with Crippen molar-refractivity contribution in [2.24, 2.45) is 0 Å². The first-order chi connectivity index (χ1) is 15.9. The van der Waals surface area contributed by atoms with Crippen molar-refractivity contribution in [2.75, 3.05) is 36.3 Å². The molecule has 172 valence electrons. The summed E-state index contributed by atoms with van der Waals surface area (Å²) in [5.74, 6) is -0.561. The van der Waals surface area contributed by atoms with E-state index in [-0.39, 0.29) is 10.8 Å². The number of carbonyl (C=O) groups is 1. The van der Waals surface area contributed by atoms with Crippen LogP contribution in [-0.2, 0) is 19.6 Å². The lowest BCUT2D eigenvalue weighted by Crippen LogP contribution is -2.44. The molecule has 0 aliphatic carbocycles. The lowest BCUT2D eigenvalue weighted by Gasteiger charge is -2.31. The van der Waals surface area contributed by atoms with E-state index in [1.54, 1.807) is 29.2 Å². The molecule has 33 heavy (non-hydrogen) atoms. The summed E-state index contributed by atoms with van der Waals surface area (Å²) in [7, 11) is -3.85. The molecule has 9 heteroatoms. The number of amides is 1. The molecule has 1 saturated heterocycles. The topological polar surface area (TPSA) is 87.7 Å². The second-order valence-corrected chi connectivity index (χ2v) is 9.24. The average Bonchev–Trinajstić information content (AvgIpc) is 2.84. The Labute approximate surface area is 192 Å². The van der Waals surface area contributed by atoms with E-state index in [0.29, 0.717) is 37.7 Å². The maximum absolute atomic E-state index is 13.2. The minimum atomic E-state index is -3.85. The van der Waals surface area contributed by atoms with Gasteiger partial charge in [0.1, 0.15) is 11.9 Å². The molecule has 0 bridgehead atoms. The highest BCUT2D eigenvalue weighted by molar-refractivity contribution is 7.92. The first-order valence-corrected chi connectivity index (χ1v) is 12.0. The van der Waals surface area contributed by atoms with E-state index in [1.807, 2.05) is 30.3 Å². The molecule has 7 nitrogen and oxygen atoms in total. The minimum Gasteiger partial charge on any atom is -0.378 e. The molecule has 1 amide bonds. The van der Waals surface area contributed by atoms with Gasteiger partial charge in [-0.1, -0.05) is 30.3 Å². The third kappa shape index (κ3) is 5.68. The van der Waals surface area contributed by atoms with E-state index in [0.717, 1.165) is 17.7 Å². The maximum atomic E-state index is 13.2. The van der Waals surface area contributed by atoms with Crippen LogP contribution in [0.1, 0.15) is 11.6 Å². The number of hydrogen-bond acceptors (Lipinski definition) is 5. The fraction of sp³-hybridized carbons (Fsp3) is 0.208. The van der Waals surface area contributed by atoms with Crippen LogP contribution in [0.4, 0.5) is 15.8 Å². The van der Waals surface area contributed by atoms with Crippen molar-refractivity contribution in [3.8, 4) is 0 Å². The quantitative estimate of drug-likeness (QED) is 0.552. The molecule has 4 rings (SSSR count). The van der Waals surface area contributed by atoms with Crippen LogP contribution >= 0.6 is 0 Å². The molecule has 1 atom stereocenters. The monoisotopic (exact) mass is 469 g/mol. The molecule has 0 aromatic heterocycles. The van der Waals surface area contributed by atoms with Crippen molar-refractivity contribution < 1.29 is 22.3 Å². The van der Waals surface area contributed by atoms with Gasteiger partial charge in [-0.2, -0.15) is 0 Å². The van der Waals surface area contributed by atoms with Gasteiger partial charge >= 0.3 is 0 Å². The lowest BCUT2D eigenvalue weighted by molar-refractivity contribution is -0.136. The Kier molecular flexibility index (Phi) is 6.90. The van der Waals surface area contributed by atoms with Crippen molar-refractivity contribution >= 4 is 27.3 Å². The van der Waals surface area contributed by atoms with Gasteiger partial charge in [-0.3, -0.25) is 9.52 Å². The molecule has 1 aliphatic heterocycles. The predicted molar refractivity (Wildman–Crippen MR) is 124 cm³/mol. The van der Waals surface area contributed by atoms with Crippen molar-refractivity contribution in [2.45, 2.75) is 10.9 Å². The summed E-state index contributed by atoms with van der Waals surface area (Å²) >= 11 is 0. The maximum Gasteiger partial charge on any atom is 0.261 e. The summed E-state index contributed by atoms with van der Waals surface area (Å²) < 4.78 is 46.0. The van der Waals surface area contributed by atoms with Gasteiger partial charge in [0, 0.05) is 24.5 Å². The van der Waals surface area contributed by atoms with Gasteiger partial charge in [0.05, 0.1) is 18.1 Å². The Morgan fingerprint density at radius 2 is 1.48 bits per heavy atom. The van der Waals surface area contributed by atoms with Gasteiger partial charge in [-0.15, -0.1) is 0 Å². The van der Waals surface area contributed by atoms with Gasteiger partial charge in [0.2, 0.25) is 5.91 Å². The van der Waals surface area contributed by atoms with E-state index >= 15 is 0 Å². The molecule has 0 spiro atoms. The van der Waals surface area contributed by atoms with Crippen molar-refractivity contribution in [3.63, 3.8) is 0 Å². The van der Waals surface area contributed by atoms with Crippen molar-refractivity contribution in [1.29, 1.82) is 0 Å². The summed E-state index contributed by atoms with van der Waals surface area (Å²) in [4.78, 5) is 15.0. The van der Waals surface area contributed by atoms with E-state index < -0.39 is 21.9 Å².